The van der Waals surface area contributed by atoms with E-state index in [1.807, 2.05) is 24.3 Å². The molecule has 1 saturated carbocycles. The number of likely N-dealkylation sites (tertiary alicyclic amines) is 1. The molecule has 3 rings (SSSR count). The molecular weight excluding hydrogens is 380 g/mol. The zero-order chi connectivity index (χ0) is 21.6. The molecule has 0 spiro atoms. The van der Waals surface area contributed by atoms with Crippen molar-refractivity contribution < 1.29 is 14.4 Å². The molecule has 0 aromatic heterocycles. The summed E-state index contributed by atoms with van der Waals surface area (Å²) in [6, 6.07) is 7.93. The zero-order valence-corrected chi connectivity index (χ0v) is 17.9. The standard InChI is InChI=1S/C23H34N4O3/c1-17(28)26-23(12-3-2-4-13-23)22(30)25-20-7-5-18(6-8-20)9-14-27-15-10-19(11-16-27)21(24)29/h5-8,19H,2-4,9-16H2,1H3,(H2,24,29)(H,25,30)(H,26,28). The topological polar surface area (TPSA) is 105 Å². The lowest BCUT2D eigenvalue weighted by Crippen LogP contribution is -2.57. The van der Waals surface area contributed by atoms with Crippen molar-refractivity contribution in [3.05, 3.63) is 29.8 Å². The van der Waals surface area contributed by atoms with Gasteiger partial charge in [0.2, 0.25) is 17.7 Å². The van der Waals surface area contributed by atoms with E-state index >= 15 is 0 Å². The van der Waals surface area contributed by atoms with E-state index in [1.54, 1.807) is 0 Å². The van der Waals surface area contributed by atoms with Gasteiger partial charge in [-0.05, 0) is 62.9 Å². The van der Waals surface area contributed by atoms with Crippen LogP contribution in [-0.4, -0.2) is 47.8 Å². The van der Waals surface area contributed by atoms with Gasteiger partial charge in [-0.3, -0.25) is 14.4 Å². The SMILES string of the molecule is CC(=O)NC1(C(=O)Nc2ccc(CCN3CCC(C(N)=O)CC3)cc2)CCCCC1. The van der Waals surface area contributed by atoms with Crippen LogP contribution in [0.2, 0.25) is 0 Å². The Hall–Kier alpha value is -2.41. The van der Waals surface area contributed by atoms with Crippen LogP contribution >= 0.6 is 0 Å². The number of carbonyl (C=O) groups excluding carboxylic acids is 3. The number of rotatable bonds is 7. The summed E-state index contributed by atoms with van der Waals surface area (Å²) in [5.41, 5.74) is 6.56. The molecule has 1 heterocycles. The van der Waals surface area contributed by atoms with E-state index < -0.39 is 5.54 Å². The van der Waals surface area contributed by atoms with Gasteiger partial charge in [-0.15, -0.1) is 0 Å². The number of anilines is 1. The minimum absolute atomic E-state index is 0.0223. The van der Waals surface area contributed by atoms with Crippen molar-refractivity contribution in [2.24, 2.45) is 11.7 Å². The summed E-state index contributed by atoms with van der Waals surface area (Å²) in [7, 11) is 0. The lowest BCUT2D eigenvalue weighted by molar-refractivity contribution is -0.130. The van der Waals surface area contributed by atoms with Crippen molar-refractivity contribution in [2.75, 3.05) is 25.0 Å². The fraction of sp³-hybridized carbons (Fsp3) is 0.609. The number of nitrogens with one attached hydrogen (secondary N) is 2. The number of nitrogens with two attached hydrogens (primary N) is 1. The van der Waals surface area contributed by atoms with Crippen LogP contribution < -0.4 is 16.4 Å². The summed E-state index contributed by atoms with van der Waals surface area (Å²) in [5, 5.41) is 5.91. The first-order valence-electron chi connectivity index (χ1n) is 11.1. The molecule has 0 atom stereocenters. The minimum atomic E-state index is -0.792. The number of nitrogens with zero attached hydrogens (tertiary/aromatic N) is 1. The highest BCUT2D eigenvalue weighted by molar-refractivity contribution is 6.00. The largest absolute Gasteiger partial charge is 0.369 e. The van der Waals surface area contributed by atoms with Crippen LogP contribution in [0.5, 0.6) is 0 Å². The van der Waals surface area contributed by atoms with Gasteiger partial charge in [0.05, 0.1) is 0 Å². The molecule has 4 N–H and O–H groups in total. The second-order valence-electron chi connectivity index (χ2n) is 8.74. The number of piperidine rings is 1. The van der Waals surface area contributed by atoms with Crippen molar-refractivity contribution in [2.45, 2.75) is 63.8 Å². The first-order valence-corrected chi connectivity index (χ1v) is 11.1. The third-order valence-corrected chi connectivity index (χ3v) is 6.48. The molecule has 0 radical (unpaired) electrons. The van der Waals surface area contributed by atoms with Crippen LogP contribution in [0.3, 0.4) is 0 Å². The summed E-state index contributed by atoms with van der Waals surface area (Å²) in [6.45, 7) is 4.23. The Morgan fingerprint density at radius 3 is 2.27 bits per heavy atom. The summed E-state index contributed by atoms with van der Waals surface area (Å²) < 4.78 is 0. The third kappa shape index (κ3) is 5.81. The molecule has 1 aromatic rings. The number of hydrogen-bond donors (Lipinski definition) is 3. The van der Waals surface area contributed by atoms with Gasteiger partial charge in [0.1, 0.15) is 5.54 Å². The van der Waals surface area contributed by atoms with Crippen molar-refractivity contribution in [1.82, 2.24) is 10.2 Å². The first-order chi connectivity index (χ1) is 14.4. The molecule has 7 heteroatoms. The number of carbonyl (C=O) groups is 3. The van der Waals surface area contributed by atoms with E-state index in [0.29, 0.717) is 12.8 Å². The summed E-state index contributed by atoms with van der Waals surface area (Å²) in [4.78, 5) is 38.3. The Bertz CT molecular complexity index is 748. The van der Waals surface area contributed by atoms with Gasteiger partial charge < -0.3 is 21.3 Å². The second kappa shape index (κ2) is 10.1. The van der Waals surface area contributed by atoms with Crippen LogP contribution in [0.15, 0.2) is 24.3 Å². The Balaban J connectivity index is 1.51. The van der Waals surface area contributed by atoms with Crippen LogP contribution in [0.1, 0.15) is 57.4 Å². The van der Waals surface area contributed by atoms with Gasteiger partial charge in [0, 0.05) is 25.1 Å². The lowest BCUT2D eigenvalue weighted by atomic mass is 9.80. The van der Waals surface area contributed by atoms with Crippen LogP contribution in [0, 0.1) is 5.92 Å². The monoisotopic (exact) mass is 414 g/mol. The molecule has 3 amide bonds. The van der Waals surface area contributed by atoms with Gasteiger partial charge in [0.25, 0.3) is 0 Å². The van der Waals surface area contributed by atoms with Gasteiger partial charge in [0.15, 0.2) is 0 Å². The molecule has 1 aliphatic heterocycles. The fourth-order valence-electron chi connectivity index (χ4n) is 4.63. The minimum Gasteiger partial charge on any atom is -0.369 e. The predicted molar refractivity (Wildman–Crippen MR) is 117 cm³/mol. The highest BCUT2D eigenvalue weighted by atomic mass is 16.2. The number of primary amides is 1. The van der Waals surface area contributed by atoms with Gasteiger partial charge in [-0.25, -0.2) is 0 Å². The van der Waals surface area contributed by atoms with Gasteiger partial charge in [-0.2, -0.15) is 0 Å². The van der Waals surface area contributed by atoms with E-state index in [0.717, 1.165) is 63.8 Å². The Labute approximate surface area is 178 Å². The van der Waals surface area contributed by atoms with E-state index in [9.17, 15) is 14.4 Å². The molecule has 7 nitrogen and oxygen atoms in total. The molecule has 2 fully saturated rings. The maximum absolute atomic E-state index is 13.0. The molecular formula is C23H34N4O3. The Kier molecular flexibility index (Phi) is 7.48. The van der Waals surface area contributed by atoms with Crippen molar-refractivity contribution >= 4 is 23.4 Å². The third-order valence-electron chi connectivity index (χ3n) is 6.48. The van der Waals surface area contributed by atoms with E-state index in [4.69, 9.17) is 5.73 Å². The highest BCUT2D eigenvalue weighted by Crippen LogP contribution is 2.29. The van der Waals surface area contributed by atoms with Crippen molar-refractivity contribution in [1.29, 1.82) is 0 Å². The maximum atomic E-state index is 13.0. The number of amides is 3. The number of hydrogen-bond acceptors (Lipinski definition) is 4. The van der Waals surface area contributed by atoms with E-state index in [-0.39, 0.29) is 23.6 Å². The van der Waals surface area contributed by atoms with Crippen LogP contribution in [-0.2, 0) is 20.8 Å². The molecule has 1 aliphatic carbocycles. The van der Waals surface area contributed by atoms with Crippen LogP contribution in [0.4, 0.5) is 5.69 Å². The average molecular weight is 415 g/mol. The summed E-state index contributed by atoms with van der Waals surface area (Å²) >= 11 is 0. The quantitative estimate of drug-likeness (QED) is 0.636. The molecule has 164 valence electrons. The van der Waals surface area contributed by atoms with Crippen LogP contribution in [0.25, 0.3) is 0 Å². The van der Waals surface area contributed by atoms with Gasteiger partial charge >= 0.3 is 0 Å². The maximum Gasteiger partial charge on any atom is 0.250 e. The predicted octanol–water partition coefficient (Wildman–Crippen LogP) is 2.20. The first kappa shape index (κ1) is 22.3. The van der Waals surface area contributed by atoms with Crippen molar-refractivity contribution in [3.63, 3.8) is 0 Å². The fourth-order valence-corrected chi connectivity index (χ4v) is 4.63. The van der Waals surface area contributed by atoms with E-state index in [2.05, 4.69) is 15.5 Å². The molecule has 2 aliphatic rings. The highest BCUT2D eigenvalue weighted by Gasteiger charge is 2.40. The average Bonchev–Trinajstić information content (AvgIpc) is 2.73. The lowest BCUT2D eigenvalue weighted by Gasteiger charge is -2.36. The summed E-state index contributed by atoms with van der Waals surface area (Å²) in [6.07, 6.45) is 6.97. The molecule has 1 aromatic carbocycles. The normalized spacial score (nSPS) is 19.8. The Morgan fingerprint density at radius 2 is 1.70 bits per heavy atom. The molecule has 0 bridgehead atoms. The Morgan fingerprint density at radius 1 is 1.07 bits per heavy atom. The zero-order valence-electron chi connectivity index (χ0n) is 17.9. The molecule has 1 saturated heterocycles. The summed E-state index contributed by atoms with van der Waals surface area (Å²) in [5.74, 6) is -0.445. The smallest absolute Gasteiger partial charge is 0.250 e. The van der Waals surface area contributed by atoms with Crippen molar-refractivity contribution in [3.8, 4) is 0 Å². The second-order valence-corrected chi connectivity index (χ2v) is 8.74. The van der Waals surface area contributed by atoms with E-state index in [1.165, 1.54) is 12.5 Å². The number of benzene rings is 1. The molecule has 0 unspecified atom stereocenters. The van der Waals surface area contributed by atoms with Gasteiger partial charge in [-0.1, -0.05) is 31.4 Å². The molecule has 30 heavy (non-hydrogen) atoms.